The topological polar surface area (TPSA) is 94.6 Å². The molecule has 1 aliphatic rings. The van der Waals surface area contributed by atoms with Crippen molar-refractivity contribution < 1.29 is 13.2 Å². The molecule has 20 heavy (non-hydrogen) atoms. The highest BCUT2D eigenvalue weighted by Crippen LogP contribution is 2.16. The first kappa shape index (κ1) is 15.2. The van der Waals surface area contributed by atoms with Gasteiger partial charge in [-0.15, -0.1) is 0 Å². The zero-order valence-corrected chi connectivity index (χ0v) is 12.9. The molecule has 0 atom stereocenters. The lowest BCUT2D eigenvalue weighted by molar-refractivity contribution is 0.184. The molecule has 1 fully saturated rings. The molecule has 1 aromatic heterocycles. The Morgan fingerprint density at radius 1 is 1.35 bits per heavy atom. The van der Waals surface area contributed by atoms with Crippen LogP contribution in [0.4, 0.5) is 9.80 Å². The third kappa shape index (κ3) is 3.45. The van der Waals surface area contributed by atoms with Crippen LogP contribution in [0.2, 0.25) is 0 Å². The highest BCUT2D eigenvalue weighted by atomic mass is 32.2. The number of anilines is 1. The molecule has 2 N–H and O–H groups in total. The first-order valence-electron chi connectivity index (χ1n) is 6.10. The highest BCUT2D eigenvalue weighted by Gasteiger charge is 2.27. The summed E-state index contributed by atoms with van der Waals surface area (Å²) in [5.74, 6) is 0. The van der Waals surface area contributed by atoms with E-state index in [-0.39, 0.29) is 19.1 Å². The number of urea groups is 1. The smallest absolute Gasteiger partial charge is 0.322 e. The van der Waals surface area contributed by atoms with E-state index in [0.717, 1.165) is 5.69 Å². The van der Waals surface area contributed by atoms with Crippen molar-refractivity contribution in [3.8, 4) is 0 Å². The molecule has 2 amide bonds. The van der Waals surface area contributed by atoms with E-state index < -0.39 is 10.2 Å². The van der Waals surface area contributed by atoms with Crippen molar-refractivity contribution in [2.24, 2.45) is 0 Å². The second-order valence-corrected chi connectivity index (χ2v) is 7.04. The summed E-state index contributed by atoms with van der Waals surface area (Å²) in [6.07, 6.45) is 0. The number of nitrogens with zero attached hydrogens (tertiary/aromatic N) is 3. The quantitative estimate of drug-likeness (QED) is 0.824. The van der Waals surface area contributed by atoms with E-state index >= 15 is 0 Å². The summed E-state index contributed by atoms with van der Waals surface area (Å²) in [4.78, 5) is 13.6. The van der Waals surface area contributed by atoms with Gasteiger partial charge in [0.1, 0.15) is 5.00 Å². The standard InChI is InChI=1S/C10H17N5O3S2/c1-8-7-9(19-13-8)12-10(16)14-3-5-15(6-4-14)20(17,18)11-2/h7,11H,3-6H2,1-2H3,(H,12,16). The van der Waals surface area contributed by atoms with Crippen LogP contribution in [0.3, 0.4) is 0 Å². The number of aryl methyl sites for hydroxylation is 1. The fraction of sp³-hybridized carbons (Fsp3) is 0.600. The van der Waals surface area contributed by atoms with Crippen LogP contribution in [-0.2, 0) is 10.2 Å². The van der Waals surface area contributed by atoms with Crippen LogP contribution in [-0.4, -0.2) is 61.3 Å². The van der Waals surface area contributed by atoms with Gasteiger partial charge in [-0.3, -0.25) is 5.32 Å². The molecule has 1 aliphatic heterocycles. The number of carbonyl (C=O) groups is 1. The molecule has 112 valence electrons. The maximum Gasteiger partial charge on any atom is 0.322 e. The minimum atomic E-state index is -3.41. The van der Waals surface area contributed by atoms with Gasteiger partial charge in [0.05, 0.1) is 5.69 Å². The van der Waals surface area contributed by atoms with Gasteiger partial charge in [-0.2, -0.15) is 17.1 Å². The molecule has 0 saturated carbocycles. The summed E-state index contributed by atoms with van der Waals surface area (Å²) in [6.45, 7) is 3.17. The summed E-state index contributed by atoms with van der Waals surface area (Å²) in [7, 11) is -2.03. The predicted molar refractivity (Wildman–Crippen MR) is 77.0 cm³/mol. The lowest BCUT2D eigenvalue weighted by atomic mass is 10.4. The fourth-order valence-electron chi connectivity index (χ4n) is 1.87. The Hall–Kier alpha value is -1.23. The number of hydrogen-bond acceptors (Lipinski definition) is 5. The molecule has 1 aromatic rings. The van der Waals surface area contributed by atoms with Gasteiger partial charge < -0.3 is 4.90 Å². The first-order valence-corrected chi connectivity index (χ1v) is 8.31. The molecular weight excluding hydrogens is 302 g/mol. The normalized spacial score (nSPS) is 17.2. The molecule has 8 nitrogen and oxygen atoms in total. The first-order chi connectivity index (χ1) is 9.42. The van der Waals surface area contributed by atoms with E-state index in [0.29, 0.717) is 18.1 Å². The fourth-order valence-corrected chi connectivity index (χ4v) is 3.42. The number of rotatable bonds is 3. The Labute approximate surface area is 122 Å². The average Bonchev–Trinajstić information content (AvgIpc) is 2.84. The number of nitrogens with one attached hydrogen (secondary N) is 2. The minimum absolute atomic E-state index is 0.227. The Kier molecular flexibility index (Phi) is 4.58. The molecule has 1 saturated heterocycles. The van der Waals surface area contributed by atoms with Crippen LogP contribution in [0.15, 0.2) is 6.07 Å². The molecule has 0 radical (unpaired) electrons. The molecule has 0 unspecified atom stereocenters. The van der Waals surface area contributed by atoms with Crippen molar-refractivity contribution >= 4 is 32.8 Å². The summed E-state index contributed by atoms with van der Waals surface area (Å²) < 4.78 is 30.9. The van der Waals surface area contributed by atoms with Gasteiger partial charge in [-0.05, 0) is 24.5 Å². The summed E-state index contributed by atoms with van der Waals surface area (Å²) in [5.41, 5.74) is 0.857. The Balaban J connectivity index is 1.89. The van der Waals surface area contributed by atoms with E-state index in [1.54, 1.807) is 11.0 Å². The Bertz CT molecular complexity index is 577. The van der Waals surface area contributed by atoms with Gasteiger partial charge in [-0.25, -0.2) is 9.52 Å². The second kappa shape index (κ2) is 6.04. The second-order valence-electron chi connectivity index (χ2n) is 4.36. The van der Waals surface area contributed by atoms with Crippen molar-refractivity contribution in [2.45, 2.75) is 6.92 Å². The summed E-state index contributed by atoms with van der Waals surface area (Å²) in [6, 6.07) is 1.57. The van der Waals surface area contributed by atoms with Gasteiger partial charge in [-0.1, -0.05) is 0 Å². The number of piperazine rings is 1. The van der Waals surface area contributed by atoms with E-state index in [9.17, 15) is 13.2 Å². The van der Waals surface area contributed by atoms with Crippen molar-refractivity contribution in [1.82, 2.24) is 18.3 Å². The molecule has 0 bridgehead atoms. The zero-order valence-electron chi connectivity index (χ0n) is 11.3. The number of amides is 2. The van der Waals surface area contributed by atoms with Gasteiger partial charge in [0.2, 0.25) is 0 Å². The number of carbonyl (C=O) groups excluding carboxylic acids is 1. The molecular formula is C10H17N5O3S2. The molecule has 0 aliphatic carbocycles. The Morgan fingerprint density at radius 3 is 2.50 bits per heavy atom. The monoisotopic (exact) mass is 319 g/mol. The number of aromatic nitrogens is 1. The molecule has 2 heterocycles. The molecule has 10 heteroatoms. The van der Waals surface area contributed by atoms with Crippen LogP contribution >= 0.6 is 11.5 Å². The zero-order chi connectivity index (χ0) is 14.8. The van der Waals surface area contributed by atoms with E-state index in [2.05, 4.69) is 14.4 Å². The lowest BCUT2D eigenvalue weighted by Crippen LogP contribution is -2.53. The SMILES string of the molecule is CNS(=O)(=O)N1CCN(C(=O)Nc2cc(C)ns2)CC1. The average molecular weight is 319 g/mol. The van der Waals surface area contributed by atoms with Crippen molar-refractivity contribution in [3.05, 3.63) is 11.8 Å². The lowest BCUT2D eigenvalue weighted by Gasteiger charge is -2.33. The van der Waals surface area contributed by atoms with Gasteiger partial charge in [0, 0.05) is 33.2 Å². The summed E-state index contributed by atoms with van der Waals surface area (Å²) >= 11 is 1.23. The van der Waals surface area contributed by atoms with Crippen LogP contribution < -0.4 is 10.0 Å². The molecule has 0 aromatic carbocycles. The van der Waals surface area contributed by atoms with E-state index in [1.807, 2.05) is 6.92 Å². The van der Waals surface area contributed by atoms with Gasteiger partial charge in [0.15, 0.2) is 0 Å². The summed E-state index contributed by atoms with van der Waals surface area (Å²) in [5, 5.41) is 3.45. The maximum absolute atomic E-state index is 12.0. The van der Waals surface area contributed by atoms with Gasteiger partial charge >= 0.3 is 6.03 Å². The van der Waals surface area contributed by atoms with Crippen LogP contribution in [0.25, 0.3) is 0 Å². The van der Waals surface area contributed by atoms with Crippen molar-refractivity contribution in [2.75, 3.05) is 38.5 Å². The van der Waals surface area contributed by atoms with Crippen LogP contribution in [0.1, 0.15) is 5.69 Å². The third-order valence-electron chi connectivity index (χ3n) is 2.98. The van der Waals surface area contributed by atoms with Crippen molar-refractivity contribution in [3.63, 3.8) is 0 Å². The Morgan fingerprint density at radius 2 is 2.00 bits per heavy atom. The molecule has 2 rings (SSSR count). The predicted octanol–water partition coefficient (Wildman–Crippen LogP) is 0.0652. The number of hydrogen-bond donors (Lipinski definition) is 2. The van der Waals surface area contributed by atoms with Gasteiger partial charge in [0.25, 0.3) is 10.2 Å². The maximum atomic E-state index is 12.0. The largest absolute Gasteiger partial charge is 0.322 e. The van der Waals surface area contributed by atoms with Crippen molar-refractivity contribution in [1.29, 1.82) is 0 Å². The minimum Gasteiger partial charge on any atom is -0.322 e. The van der Waals surface area contributed by atoms with E-state index in [4.69, 9.17) is 0 Å². The third-order valence-corrected chi connectivity index (χ3v) is 5.34. The van der Waals surface area contributed by atoms with E-state index in [1.165, 1.54) is 22.9 Å². The molecule has 0 spiro atoms. The highest BCUT2D eigenvalue weighted by molar-refractivity contribution is 7.87. The van der Waals surface area contributed by atoms with Crippen LogP contribution in [0.5, 0.6) is 0 Å². The van der Waals surface area contributed by atoms with Crippen LogP contribution in [0, 0.1) is 6.92 Å².